The van der Waals surface area contributed by atoms with Gasteiger partial charge in [0.25, 0.3) is 0 Å². The quantitative estimate of drug-likeness (QED) is 0.804. The largest absolute Gasteiger partial charge is 0.399 e. The van der Waals surface area contributed by atoms with Crippen molar-refractivity contribution in [2.75, 3.05) is 23.3 Å². The highest BCUT2D eigenvalue weighted by Gasteiger charge is 2.30. The first kappa shape index (κ1) is 12.2. The fourth-order valence-electron chi connectivity index (χ4n) is 2.03. The van der Waals surface area contributed by atoms with Gasteiger partial charge in [-0.25, -0.2) is 12.8 Å². The van der Waals surface area contributed by atoms with Gasteiger partial charge in [0.1, 0.15) is 5.82 Å². The van der Waals surface area contributed by atoms with Crippen molar-refractivity contribution in [1.82, 2.24) is 0 Å². The molecule has 1 atom stereocenters. The Bertz CT molecular complexity index is 496. The molecule has 0 aliphatic carbocycles. The highest BCUT2D eigenvalue weighted by atomic mass is 32.2. The maximum atomic E-state index is 13.0. The van der Waals surface area contributed by atoms with E-state index < -0.39 is 15.7 Å². The zero-order valence-corrected chi connectivity index (χ0v) is 10.1. The van der Waals surface area contributed by atoms with E-state index in [4.69, 9.17) is 5.73 Å². The minimum Gasteiger partial charge on any atom is -0.399 e. The standard InChI is InChI=1S/C11H15FN2O2S/c12-8-4-9(13)6-10(5-8)14-7-11-2-1-3-17(11,15)16/h4-6,11,14H,1-3,7,13H2. The molecule has 0 spiro atoms. The predicted octanol–water partition coefficient (Wildman–Crippen LogP) is 1.40. The Morgan fingerprint density at radius 3 is 2.76 bits per heavy atom. The van der Waals surface area contributed by atoms with E-state index in [1.807, 2.05) is 0 Å². The summed E-state index contributed by atoms with van der Waals surface area (Å²) in [6, 6.07) is 4.11. The summed E-state index contributed by atoms with van der Waals surface area (Å²) in [5.74, 6) is -0.174. The highest BCUT2D eigenvalue weighted by molar-refractivity contribution is 7.92. The van der Waals surface area contributed by atoms with Gasteiger partial charge in [-0.05, 0) is 31.0 Å². The first-order chi connectivity index (χ1) is 7.97. The number of halogens is 1. The van der Waals surface area contributed by atoms with Gasteiger partial charge in [-0.15, -0.1) is 0 Å². The molecule has 6 heteroatoms. The van der Waals surface area contributed by atoms with E-state index in [1.54, 1.807) is 6.07 Å². The summed E-state index contributed by atoms with van der Waals surface area (Å²) in [6.45, 7) is 0.311. The van der Waals surface area contributed by atoms with Crippen molar-refractivity contribution in [3.8, 4) is 0 Å². The normalized spacial score (nSPS) is 22.5. The van der Waals surface area contributed by atoms with Gasteiger partial charge < -0.3 is 11.1 Å². The monoisotopic (exact) mass is 258 g/mol. The van der Waals surface area contributed by atoms with Crippen LogP contribution in [0.3, 0.4) is 0 Å². The Balaban J connectivity index is 2.03. The summed E-state index contributed by atoms with van der Waals surface area (Å²) in [4.78, 5) is 0. The Hall–Kier alpha value is -1.30. The molecule has 0 bridgehead atoms. The molecule has 0 amide bonds. The second-order valence-electron chi connectivity index (χ2n) is 4.29. The van der Waals surface area contributed by atoms with Gasteiger partial charge in [-0.3, -0.25) is 0 Å². The van der Waals surface area contributed by atoms with Crippen LogP contribution in [-0.4, -0.2) is 26.0 Å². The molecule has 1 saturated heterocycles. The maximum Gasteiger partial charge on any atom is 0.154 e. The minimum atomic E-state index is -2.96. The van der Waals surface area contributed by atoms with Crippen LogP contribution in [0, 0.1) is 5.82 Å². The van der Waals surface area contributed by atoms with Crippen LogP contribution < -0.4 is 11.1 Å². The van der Waals surface area contributed by atoms with Crippen LogP contribution in [0.4, 0.5) is 15.8 Å². The maximum absolute atomic E-state index is 13.0. The third-order valence-corrected chi connectivity index (χ3v) is 5.19. The number of sulfone groups is 1. The first-order valence-corrected chi connectivity index (χ1v) is 7.20. The molecule has 1 aromatic rings. The summed E-state index contributed by atoms with van der Waals surface area (Å²) in [7, 11) is -2.96. The SMILES string of the molecule is Nc1cc(F)cc(NCC2CCCS2(=O)=O)c1. The van der Waals surface area contributed by atoms with Crippen LogP contribution >= 0.6 is 0 Å². The Morgan fingerprint density at radius 2 is 2.18 bits per heavy atom. The van der Waals surface area contributed by atoms with Crippen LogP contribution in [0.15, 0.2) is 18.2 Å². The van der Waals surface area contributed by atoms with Gasteiger partial charge in [0.2, 0.25) is 0 Å². The van der Waals surface area contributed by atoms with E-state index in [-0.39, 0.29) is 11.0 Å². The molecule has 0 aromatic heterocycles. The van der Waals surface area contributed by atoms with Gasteiger partial charge in [0.15, 0.2) is 9.84 Å². The van der Waals surface area contributed by atoms with Crippen molar-refractivity contribution in [3.05, 3.63) is 24.0 Å². The molecule has 4 nitrogen and oxygen atoms in total. The lowest BCUT2D eigenvalue weighted by atomic mass is 10.2. The van der Waals surface area contributed by atoms with Crippen LogP contribution in [0.2, 0.25) is 0 Å². The number of nitrogens with one attached hydrogen (secondary N) is 1. The van der Waals surface area contributed by atoms with Gasteiger partial charge in [-0.1, -0.05) is 0 Å². The molecule has 17 heavy (non-hydrogen) atoms. The van der Waals surface area contributed by atoms with Crippen LogP contribution in [-0.2, 0) is 9.84 Å². The number of rotatable bonds is 3. The average Bonchev–Trinajstić information content (AvgIpc) is 2.53. The second-order valence-corrected chi connectivity index (χ2v) is 6.69. The summed E-state index contributed by atoms with van der Waals surface area (Å²) in [6.07, 6.45) is 1.38. The van der Waals surface area contributed by atoms with E-state index >= 15 is 0 Å². The average molecular weight is 258 g/mol. The van der Waals surface area contributed by atoms with E-state index in [1.165, 1.54) is 12.1 Å². The zero-order valence-electron chi connectivity index (χ0n) is 9.32. The summed E-state index contributed by atoms with van der Waals surface area (Å²) in [5.41, 5.74) is 6.34. The second kappa shape index (κ2) is 4.52. The minimum absolute atomic E-state index is 0.255. The van der Waals surface area contributed by atoms with Crippen molar-refractivity contribution in [3.63, 3.8) is 0 Å². The van der Waals surface area contributed by atoms with Crippen molar-refractivity contribution < 1.29 is 12.8 Å². The van der Waals surface area contributed by atoms with Crippen molar-refractivity contribution in [2.24, 2.45) is 0 Å². The number of nitrogen functional groups attached to an aromatic ring is 1. The molecule has 1 heterocycles. The van der Waals surface area contributed by atoms with Gasteiger partial charge in [-0.2, -0.15) is 0 Å². The van der Waals surface area contributed by atoms with Crippen LogP contribution in [0.25, 0.3) is 0 Å². The lowest BCUT2D eigenvalue weighted by Crippen LogP contribution is -2.25. The topological polar surface area (TPSA) is 72.2 Å². The summed E-state index contributed by atoms with van der Waals surface area (Å²) in [5, 5.41) is 2.56. The molecule has 1 fully saturated rings. The fourth-order valence-corrected chi connectivity index (χ4v) is 3.80. The number of hydrogen-bond donors (Lipinski definition) is 2. The third kappa shape index (κ3) is 2.88. The molecule has 94 valence electrons. The van der Waals surface area contributed by atoms with Crippen molar-refractivity contribution >= 4 is 21.2 Å². The lowest BCUT2D eigenvalue weighted by Gasteiger charge is -2.12. The molecule has 0 radical (unpaired) electrons. The molecule has 2 rings (SSSR count). The number of anilines is 2. The van der Waals surface area contributed by atoms with E-state index in [2.05, 4.69) is 5.32 Å². The molecule has 1 aliphatic heterocycles. The molecule has 3 N–H and O–H groups in total. The fraction of sp³-hybridized carbons (Fsp3) is 0.455. The Kier molecular flexibility index (Phi) is 3.24. The number of nitrogens with two attached hydrogens (primary N) is 1. The third-order valence-electron chi connectivity index (χ3n) is 2.92. The van der Waals surface area contributed by atoms with Crippen LogP contribution in [0.5, 0.6) is 0 Å². The van der Waals surface area contributed by atoms with Crippen molar-refractivity contribution in [1.29, 1.82) is 0 Å². The molecule has 0 saturated carbocycles. The van der Waals surface area contributed by atoms with E-state index in [0.29, 0.717) is 30.8 Å². The van der Waals surface area contributed by atoms with Gasteiger partial charge >= 0.3 is 0 Å². The van der Waals surface area contributed by atoms with Gasteiger partial charge in [0.05, 0.1) is 11.0 Å². The van der Waals surface area contributed by atoms with E-state index in [0.717, 1.165) is 0 Å². The number of hydrogen-bond acceptors (Lipinski definition) is 4. The first-order valence-electron chi connectivity index (χ1n) is 5.49. The van der Waals surface area contributed by atoms with Crippen LogP contribution in [0.1, 0.15) is 12.8 Å². The summed E-state index contributed by atoms with van der Waals surface area (Å²) < 4.78 is 36.2. The van der Waals surface area contributed by atoms with Gasteiger partial charge in [0, 0.05) is 17.9 Å². The van der Waals surface area contributed by atoms with E-state index in [9.17, 15) is 12.8 Å². The molecular formula is C11H15FN2O2S. The zero-order chi connectivity index (χ0) is 12.5. The predicted molar refractivity (Wildman–Crippen MR) is 66.1 cm³/mol. The smallest absolute Gasteiger partial charge is 0.154 e. The lowest BCUT2D eigenvalue weighted by molar-refractivity contribution is 0.591. The Labute approximate surface area is 99.9 Å². The molecular weight excluding hydrogens is 243 g/mol. The molecule has 1 aromatic carbocycles. The number of benzene rings is 1. The molecule has 1 unspecified atom stereocenters. The highest BCUT2D eigenvalue weighted by Crippen LogP contribution is 2.21. The summed E-state index contributed by atoms with van der Waals surface area (Å²) >= 11 is 0. The van der Waals surface area contributed by atoms with Crippen molar-refractivity contribution in [2.45, 2.75) is 18.1 Å². The Morgan fingerprint density at radius 1 is 1.41 bits per heavy atom. The molecule has 1 aliphatic rings.